The van der Waals surface area contributed by atoms with E-state index in [4.69, 9.17) is 4.74 Å². The van der Waals surface area contributed by atoms with E-state index in [1.54, 1.807) is 7.05 Å². The number of nitrogens with zero attached hydrogens (tertiary/aromatic N) is 1. The first-order valence-electron chi connectivity index (χ1n) is 8.26. The minimum Gasteiger partial charge on any atom is -0.483 e. The largest absolute Gasteiger partial charge is 0.483 e. The topological polar surface area (TPSA) is 58.6 Å². The van der Waals surface area contributed by atoms with E-state index in [2.05, 4.69) is 21.2 Å². The molecular weight excluding hydrogens is 396 g/mol. The third kappa shape index (κ3) is 5.59. The lowest BCUT2D eigenvalue weighted by Gasteiger charge is -2.18. The summed E-state index contributed by atoms with van der Waals surface area (Å²) in [5.41, 5.74) is 3.70. The zero-order valence-corrected chi connectivity index (χ0v) is 17.0. The lowest BCUT2D eigenvalue weighted by atomic mass is 10.1. The van der Waals surface area contributed by atoms with Gasteiger partial charge in [-0.25, -0.2) is 0 Å². The second kappa shape index (κ2) is 8.85. The van der Waals surface area contributed by atoms with Gasteiger partial charge in [0.05, 0.1) is 6.54 Å². The van der Waals surface area contributed by atoms with Crippen LogP contribution in [0.15, 0.2) is 40.9 Å². The number of carbonyl (C=O) groups is 2. The van der Waals surface area contributed by atoms with E-state index in [0.717, 1.165) is 26.9 Å². The Kier molecular flexibility index (Phi) is 6.80. The van der Waals surface area contributed by atoms with Crippen molar-refractivity contribution in [1.82, 2.24) is 4.90 Å². The summed E-state index contributed by atoms with van der Waals surface area (Å²) in [5.74, 6) is 0.174. The van der Waals surface area contributed by atoms with Crippen molar-refractivity contribution in [2.75, 3.05) is 25.5 Å². The molecule has 0 bridgehead atoms. The lowest BCUT2D eigenvalue weighted by molar-refractivity contribution is -0.135. The maximum atomic E-state index is 12.2. The maximum absolute atomic E-state index is 12.2. The van der Waals surface area contributed by atoms with Crippen LogP contribution in [-0.4, -0.2) is 36.9 Å². The highest BCUT2D eigenvalue weighted by molar-refractivity contribution is 9.10. The summed E-state index contributed by atoms with van der Waals surface area (Å²) in [5, 5.41) is 2.82. The summed E-state index contributed by atoms with van der Waals surface area (Å²) in [6.07, 6.45) is 0. The second-order valence-electron chi connectivity index (χ2n) is 6.31. The van der Waals surface area contributed by atoms with E-state index >= 15 is 0 Å². The molecular formula is C20H23BrN2O3. The average Bonchev–Trinajstić information content (AvgIpc) is 2.57. The zero-order valence-electron chi connectivity index (χ0n) is 15.4. The summed E-state index contributed by atoms with van der Waals surface area (Å²) in [6.45, 7) is 5.66. The van der Waals surface area contributed by atoms with E-state index in [1.807, 2.05) is 57.2 Å². The molecule has 0 radical (unpaired) electrons. The fraction of sp³-hybridized carbons (Fsp3) is 0.300. The number of likely N-dealkylation sites (N-methyl/N-ethyl adjacent to an activating group) is 1. The van der Waals surface area contributed by atoms with E-state index in [0.29, 0.717) is 5.75 Å². The highest BCUT2D eigenvalue weighted by Gasteiger charge is 2.15. The Balaban J connectivity index is 1.87. The van der Waals surface area contributed by atoms with Crippen LogP contribution in [-0.2, 0) is 9.59 Å². The fourth-order valence-electron chi connectivity index (χ4n) is 2.37. The summed E-state index contributed by atoms with van der Waals surface area (Å²) in [4.78, 5) is 25.8. The number of halogens is 1. The molecule has 0 aromatic heterocycles. The summed E-state index contributed by atoms with van der Waals surface area (Å²) in [6, 6.07) is 11.4. The van der Waals surface area contributed by atoms with E-state index in [9.17, 15) is 9.59 Å². The van der Waals surface area contributed by atoms with Gasteiger partial charge in [-0.15, -0.1) is 0 Å². The van der Waals surface area contributed by atoms with Crippen molar-refractivity contribution >= 4 is 33.4 Å². The van der Waals surface area contributed by atoms with Crippen LogP contribution in [0.4, 0.5) is 5.69 Å². The molecule has 0 spiro atoms. The third-order valence-corrected chi connectivity index (χ3v) is 4.46. The van der Waals surface area contributed by atoms with E-state index < -0.39 is 0 Å². The van der Waals surface area contributed by atoms with E-state index in [-0.39, 0.29) is 25.0 Å². The quantitative estimate of drug-likeness (QED) is 0.774. The number of nitrogens with one attached hydrogen (secondary N) is 1. The van der Waals surface area contributed by atoms with Crippen LogP contribution in [0, 0.1) is 20.8 Å². The van der Waals surface area contributed by atoms with Crippen molar-refractivity contribution in [2.24, 2.45) is 0 Å². The van der Waals surface area contributed by atoms with Crippen LogP contribution in [0.25, 0.3) is 0 Å². The fourth-order valence-corrected chi connectivity index (χ4v) is 2.85. The third-order valence-electron chi connectivity index (χ3n) is 3.96. The molecule has 0 aliphatic rings. The first-order valence-corrected chi connectivity index (χ1v) is 9.05. The molecule has 0 fully saturated rings. The first-order chi connectivity index (χ1) is 12.3. The van der Waals surface area contributed by atoms with Crippen molar-refractivity contribution in [3.8, 4) is 5.75 Å². The van der Waals surface area contributed by atoms with Gasteiger partial charge in [0.15, 0.2) is 6.61 Å². The Morgan fingerprint density at radius 3 is 2.50 bits per heavy atom. The number of aryl methyl sites for hydroxylation is 3. The van der Waals surface area contributed by atoms with Crippen molar-refractivity contribution < 1.29 is 14.3 Å². The van der Waals surface area contributed by atoms with Gasteiger partial charge in [-0.3, -0.25) is 9.59 Å². The van der Waals surface area contributed by atoms with Gasteiger partial charge in [-0.05, 0) is 61.7 Å². The summed E-state index contributed by atoms with van der Waals surface area (Å²) >= 11 is 3.39. The molecule has 26 heavy (non-hydrogen) atoms. The van der Waals surface area contributed by atoms with Crippen molar-refractivity contribution in [3.05, 3.63) is 57.6 Å². The van der Waals surface area contributed by atoms with Crippen molar-refractivity contribution in [1.29, 1.82) is 0 Å². The SMILES string of the molecule is Cc1ccc(C)c(OCC(=O)N(C)CC(=O)Nc2ccc(Br)cc2C)c1. The van der Waals surface area contributed by atoms with Crippen molar-refractivity contribution in [2.45, 2.75) is 20.8 Å². The average molecular weight is 419 g/mol. The molecule has 0 unspecified atom stereocenters. The first kappa shape index (κ1) is 20.0. The Hall–Kier alpha value is -2.34. The van der Waals surface area contributed by atoms with Gasteiger partial charge in [0, 0.05) is 17.2 Å². The molecule has 2 aromatic rings. The number of rotatable bonds is 6. The monoisotopic (exact) mass is 418 g/mol. The molecule has 0 saturated carbocycles. The number of ether oxygens (including phenoxy) is 1. The van der Waals surface area contributed by atoms with Crippen LogP contribution in [0.3, 0.4) is 0 Å². The van der Waals surface area contributed by atoms with Gasteiger partial charge in [-0.1, -0.05) is 28.1 Å². The number of hydrogen-bond donors (Lipinski definition) is 1. The molecule has 1 N–H and O–H groups in total. The van der Waals surface area contributed by atoms with Gasteiger partial charge in [-0.2, -0.15) is 0 Å². The Bertz CT molecular complexity index is 821. The minimum absolute atomic E-state index is 0.0372. The van der Waals surface area contributed by atoms with Crippen LogP contribution in [0.5, 0.6) is 5.75 Å². The number of carbonyl (C=O) groups excluding carboxylic acids is 2. The van der Waals surface area contributed by atoms with Gasteiger partial charge < -0.3 is 15.0 Å². The van der Waals surface area contributed by atoms with Gasteiger partial charge in [0.2, 0.25) is 5.91 Å². The molecule has 6 heteroatoms. The molecule has 0 aliphatic heterocycles. The zero-order chi connectivity index (χ0) is 19.3. The van der Waals surface area contributed by atoms with Crippen LogP contribution in [0.1, 0.15) is 16.7 Å². The highest BCUT2D eigenvalue weighted by Crippen LogP contribution is 2.20. The Morgan fingerprint density at radius 1 is 1.08 bits per heavy atom. The molecule has 138 valence electrons. The predicted molar refractivity (Wildman–Crippen MR) is 107 cm³/mol. The highest BCUT2D eigenvalue weighted by atomic mass is 79.9. The van der Waals surface area contributed by atoms with Crippen LogP contribution in [0.2, 0.25) is 0 Å². The Morgan fingerprint density at radius 2 is 1.81 bits per heavy atom. The van der Waals surface area contributed by atoms with E-state index in [1.165, 1.54) is 4.90 Å². The van der Waals surface area contributed by atoms with Gasteiger partial charge in [0.1, 0.15) is 5.75 Å². The normalized spacial score (nSPS) is 10.3. The summed E-state index contributed by atoms with van der Waals surface area (Å²) < 4.78 is 6.55. The predicted octanol–water partition coefficient (Wildman–Crippen LogP) is 3.85. The molecule has 0 saturated heterocycles. The smallest absolute Gasteiger partial charge is 0.260 e. The lowest BCUT2D eigenvalue weighted by Crippen LogP contribution is -2.37. The number of anilines is 1. The minimum atomic E-state index is -0.256. The molecule has 2 rings (SSSR count). The summed E-state index contributed by atoms with van der Waals surface area (Å²) in [7, 11) is 1.59. The van der Waals surface area contributed by atoms with Crippen LogP contribution >= 0.6 is 15.9 Å². The molecule has 0 aliphatic carbocycles. The molecule has 2 aromatic carbocycles. The number of amides is 2. The van der Waals surface area contributed by atoms with Crippen LogP contribution < -0.4 is 10.1 Å². The van der Waals surface area contributed by atoms with Crippen molar-refractivity contribution in [3.63, 3.8) is 0 Å². The standard InChI is InChI=1S/C20H23BrN2O3/c1-13-5-6-14(2)18(9-13)26-12-20(25)23(4)11-19(24)22-17-8-7-16(21)10-15(17)3/h5-10H,11-12H2,1-4H3,(H,22,24). The number of hydrogen-bond acceptors (Lipinski definition) is 3. The second-order valence-corrected chi connectivity index (χ2v) is 7.23. The number of benzene rings is 2. The molecule has 2 amide bonds. The molecule has 0 atom stereocenters. The van der Waals surface area contributed by atoms with Gasteiger partial charge in [0.25, 0.3) is 5.91 Å². The molecule has 0 heterocycles. The Labute approximate surface area is 162 Å². The van der Waals surface area contributed by atoms with Gasteiger partial charge >= 0.3 is 0 Å². The maximum Gasteiger partial charge on any atom is 0.260 e. The molecule has 5 nitrogen and oxygen atoms in total.